The number of amidine groups is 1. The topological polar surface area (TPSA) is 85.0 Å². The maximum absolute atomic E-state index is 10.6. The average molecular weight is 207 g/mol. The molecular weight excluding hydrogens is 198 g/mol. The molecule has 0 spiro atoms. The van der Waals surface area contributed by atoms with Gasteiger partial charge in [0, 0.05) is 0 Å². The van der Waals surface area contributed by atoms with Crippen molar-refractivity contribution in [3.05, 3.63) is 10.1 Å². The maximum atomic E-state index is 10.6. The number of amides is 1. The predicted molar refractivity (Wildman–Crippen MR) is 48.1 cm³/mol. The second kappa shape index (κ2) is 5.36. The van der Waals surface area contributed by atoms with Crippen LogP contribution in [0.4, 0.5) is 4.79 Å². The molecule has 7 nitrogen and oxygen atoms in total. The number of nitrogens with zero attached hydrogens (tertiary/aromatic N) is 3. The zero-order valence-electron chi connectivity index (χ0n) is 7.38. The van der Waals surface area contributed by atoms with Gasteiger partial charge in [-0.05, 0) is 6.26 Å². The van der Waals surface area contributed by atoms with Crippen LogP contribution in [0.3, 0.4) is 0 Å². The molecule has 0 saturated carbocycles. The van der Waals surface area contributed by atoms with Crippen LogP contribution in [-0.2, 0) is 4.74 Å². The van der Waals surface area contributed by atoms with Crippen molar-refractivity contribution in [3.63, 3.8) is 0 Å². The molecule has 0 bridgehead atoms. The summed E-state index contributed by atoms with van der Waals surface area (Å²) in [6.07, 6.45) is 0.708. The normalized spacial score (nSPS) is 10.8. The molecular formula is C5H9N3O4S. The Morgan fingerprint density at radius 1 is 1.69 bits per heavy atom. The minimum atomic E-state index is -0.863. The molecule has 0 fully saturated rings. The summed E-state index contributed by atoms with van der Waals surface area (Å²) in [5.41, 5.74) is 0. The number of ether oxygens (including phenoxy) is 1. The van der Waals surface area contributed by atoms with Crippen LogP contribution in [0.15, 0.2) is 4.99 Å². The van der Waals surface area contributed by atoms with E-state index >= 15 is 0 Å². The number of methoxy groups -OCH3 is 1. The van der Waals surface area contributed by atoms with Crippen molar-refractivity contribution < 1.29 is 14.6 Å². The van der Waals surface area contributed by atoms with E-state index in [0.717, 1.165) is 18.9 Å². The van der Waals surface area contributed by atoms with Crippen molar-refractivity contribution in [1.29, 1.82) is 0 Å². The van der Waals surface area contributed by atoms with Crippen LogP contribution in [0.25, 0.3) is 0 Å². The third-order valence-corrected chi connectivity index (χ3v) is 1.79. The Balaban J connectivity index is 4.58. The third-order valence-electron chi connectivity index (χ3n) is 1.07. The van der Waals surface area contributed by atoms with E-state index in [1.54, 1.807) is 6.26 Å². The summed E-state index contributed by atoms with van der Waals surface area (Å²) in [5.74, 6) is 0. The highest BCUT2D eigenvalue weighted by molar-refractivity contribution is 8.13. The van der Waals surface area contributed by atoms with Gasteiger partial charge in [-0.15, -0.1) is 4.99 Å². The van der Waals surface area contributed by atoms with E-state index in [-0.39, 0.29) is 5.17 Å². The van der Waals surface area contributed by atoms with E-state index in [0.29, 0.717) is 5.01 Å². The molecule has 0 aliphatic rings. The SMILES string of the molecule is COC(=O)N=C(SC)N(C)[N+](=O)[O-]. The van der Waals surface area contributed by atoms with Crippen molar-refractivity contribution in [1.82, 2.24) is 5.01 Å². The lowest BCUT2D eigenvalue weighted by molar-refractivity contribution is -0.621. The largest absolute Gasteiger partial charge is 0.451 e. The van der Waals surface area contributed by atoms with Gasteiger partial charge in [-0.1, -0.05) is 16.8 Å². The second-order valence-electron chi connectivity index (χ2n) is 1.83. The molecule has 8 heteroatoms. The van der Waals surface area contributed by atoms with Crippen LogP contribution in [0.1, 0.15) is 0 Å². The summed E-state index contributed by atoms with van der Waals surface area (Å²) in [5, 5.41) is 10.2. The zero-order chi connectivity index (χ0) is 10.4. The molecule has 0 radical (unpaired) electrons. The molecule has 0 rings (SSSR count). The first-order valence-corrected chi connectivity index (χ1v) is 4.34. The van der Waals surface area contributed by atoms with Gasteiger partial charge < -0.3 is 4.74 Å². The Morgan fingerprint density at radius 3 is 2.54 bits per heavy atom. The molecule has 0 aliphatic carbocycles. The lowest BCUT2D eigenvalue weighted by Gasteiger charge is -2.07. The number of nitro groups is 1. The molecule has 0 saturated heterocycles. The summed E-state index contributed by atoms with van der Waals surface area (Å²) in [7, 11) is 2.34. The molecule has 0 aromatic rings. The van der Waals surface area contributed by atoms with Crippen LogP contribution in [0.2, 0.25) is 0 Å². The van der Waals surface area contributed by atoms with Gasteiger partial charge in [-0.2, -0.15) is 0 Å². The van der Waals surface area contributed by atoms with Crippen LogP contribution in [0, 0.1) is 10.1 Å². The fourth-order valence-corrected chi connectivity index (χ4v) is 0.940. The van der Waals surface area contributed by atoms with Crippen molar-refractivity contribution >= 4 is 23.0 Å². The van der Waals surface area contributed by atoms with E-state index in [9.17, 15) is 14.9 Å². The molecule has 0 atom stereocenters. The molecule has 1 amide bonds. The Kier molecular flexibility index (Phi) is 4.82. The number of carbonyl (C=O) groups is 1. The molecule has 0 heterocycles. The zero-order valence-corrected chi connectivity index (χ0v) is 8.20. The lowest BCUT2D eigenvalue weighted by atomic mass is 11.0. The number of hydrogen-bond donors (Lipinski definition) is 0. The van der Waals surface area contributed by atoms with Gasteiger partial charge in [0.25, 0.3) is 0 Å². The Hall–Kier alpha value is -1.31. The van der Waals surface area contributed by atoms with Crippen molar-refractivity contribution in [2.75, 3.05) is 20.4 Å². The quantitative estimate of drug-likeness (QED) is 0.271. The van der Waals surface area contributed by atoms with Crippen LogP contribution in [-0.4, -0.2) is 41.7 Å². The van der Waals surface area contributed by atoms with Gasteiger partial charge in [0.15, 0.2) is 5.03 Å². The highest BCUT2D eigenvalue weighted by Crippen LogP contribution is 2.03. The first kappa shape index (κ1) is 11.7. The number of rotatable bonds is 1. The van der Waals surface area contributed by atoms with Crippen molar-refractivity contribution in [3.8, 4) is 0 Å². The minimum Gasteiger partial charge on any atom is -0.451 e. The van der Waals surface area contributed by atoms with Gasteiger partial charge in [0.05, 0.1) is 14.2 Å². The van der Waals surface area contributed by atoms with Gasteiger partial charge in [0.2, 0.25) is 5.17 Å². The van der Waals surface area contributed by atoms with E-state index < -0.39 is 11.1 Å². The van der Waals surface area contributed by atoms with Gasteiger partial charge in [-0.3, -0.25) is 0 Å². The predicted octanol–water partition coefficient (Wildman–Crippen LogP) is 0.595. The maximum Gasteiger partial charge on any atom is 0.435 e. The summed E-state index contributed by atoms with van der Waals surface area (Å²) < 4.78 is 4.22. The first-order valence-electron chi connectivity index (χ1n) is 3.11. The molecule has 0 N–H and O–H groups in total. The van der Waals surface area contributed by atoms with Gasteiger partial charge in [-0.25, -0.2) is 14.9 Å². The van der Waals surface area contributed by atoms with Gasteiger partial charge in [0.1, 0.15) is 0 Å². The van der Waals surface area contributed by atoms with E-state index in [1.807, 2.05) is 0 Å². The molecule has 13 heavy (non-hydrogen) atoms. The number of aliphatic imine (C=N–C) groups is 1. The van der Waals surface area contributed by atoms with Gasteiger partial charge >= 0.3 is 6.09 Å². The summed E-state index contributed by atoms with van der Waals surface area (Å²) >= 11 is 0.983. The van der Waals surface area contributed by atoms with Crippen molar-refractivity contribution in [2.45, 2.75) is 0 Å². The highest BCUT2D eigenvalue weighted by atomic mass is 32.2. The molecule has 0 aliphatic heterocycles. The molecule has 0 aromatic carbocycles. The number of hydrazine groups is 1. The summed E-state index contributed by atoms with van der Waals surface area (Å²) in [4.78, 5) is 24.2. The van der Waals surface area contributed by atoms with Crippen LogP contribution < -0.4 is 0 Å². The van der Waals surface area contributed by atoms with E-state index in [1.165, 1.54) is 7.05 Å². The molecule has 0 unspecified atom stereocenters. The minimum absolute atomic E-state index is 0.0307. The lowest BCUT2D eigenvalue weighted by Crippen LogP contribution is -2.30. The number of hydrogen-bond acceptors (Lipinski definition) is 5. The van der Waals surface area contributed by atoms with Crippen molar-refractivity contribution in [2.24, 2.45) is 4.99 Å². The Morgan fingerprint density at radius 2 is 2.23 bits per heavy atom. The average Bonchev–Trinajstić information content (AvgIpc) is 2.12. The number of carbonyl (C=O) groups excluding carboxylic acids is 1. The van der Waals surface area contributed by atoms with E-state index in [2.05, 4.69) is 9.73 Å². The fraction of sp³-hybridized carbons (Fsp3) is 0.600. The standard InChI is InChI=1S/C5H9N3O4S/c1-7(8(10)11)4(13-3)6-5(9)12-2/h1-3H3. The number of thioether (sulfide) groups is 1. The van der Waals surface area contributed by atoms with Crippen LogP contribution in [0.5, 0.6) is 0 Å². The monoisotopic (exact) mass is 207 g/mol. The van der Waals surface area contributed by atoms with E-state index in [4.69, 9.17) is 0 Å². The third kappa shape index (κ3) is 3.74. The Labute approximate surface area is 78.9 Å². The second-order valence-corrected chi connectivity index (χ2v) is 2.60. The summed E-state index contributed by atoms with van der Waals surface area (Å²) in [6.45, 7) is 0. The fourth-order valence-electron chi connectivity index (χ4n) is 0.444. The summed E-state index contributed by atoms with van der Waals surface area (Å²) in [6, 6.07) is 0. The highest BCUT2D eigenvalue weighted by Gasteiger charge is 2.16. The smallest absolute Gasteiger partial charge is 0.435 e. The molecule has 74 valence electrons. The molecule has 0 aromatic heterocycles. The first-order chi connectivity index (χ1) is 6.02. The van der Waals surface area contributed by atoms with Crippen LogP contribution >= 0.6 is 11.8 Å². The Bertz CT molecular complexity index is 242.